The highest BCUT2D eigenvalue weighted by Gasteiger charge is 2.29. The third kappa shape index (κ3) is 6.63. The fourth-order valence-electron chi connectivity index (χ4n) is 2.13. The molecule has 2 heterocycles. The van der Waals surface area contributed by atoms with E-state index in [0.29, 0.717) is 25.4 Å². The minimum Gasteiger partial charge on any atom is -0.463 e. The Morgan fingerprint density at radius 1 is 1.23 bits per heavy atom. The van der Waals surface area contributed by atoms with E-state index in [1.165, 1.54) is 0 Å². The predicted molar refractivity (Wildman–Crippen MR) is 82.7 cm³/mol. The van der Waals surface area contributed by atoms with Gasteiger partial charge in [-0.3, -0.25) is 4.79 Å². The molecule has 5 nitrogen and oxygen atoms in total. The molecule has 0 spiro atoms. The van der Waals surface area contributed by atoms with Gasteiger partial charge in [-0.05, 0) is 46.0 Å². The van der Waals surface area contributed by atoms with E-state index >= 15 is 0 Å². The van der Waals surface area contributed by atoms with Crippen LogP contribution in [0.15, 0.2) is 0 Å². The van der Waals surface area contributed by atoms with E-state index in [9.17, 15) is 4.79 Å². The van der Waals surface area contributed by atoms with Crippen LogP contribution in [0.5, 0.6) is 0 Å². The highest BCUT2D eigenvalue weighted by atomic mass is 16.6. The van der Waals surface area contributed by atoms with Crippen molar-refractivity contribution in [3.63, 3.8) is 0 Å². The molecule has 2 saturated heterocycles. The molecule has 0 aliphatic carbocycles. The molecule has 3 atom stereocenters. The second-order valence-electron chi connectivity index (χ2n) is 6.96. The van der Waals surface area contributed by atoms with Crippen LogP contribution in [0.25, 0.3) is 0 Å². The van der Waals surface area contributed by atoms with E-state index in [1.54, 1.807) is 0 Å². The Bertz CT molecular complexity index is 329. The average molecular weight is 314 g/mol. The zero-order valence-corrected chi connectivity index (χ0v) is 14.1. The molecule has 0 saturated carbocycles. The van der Waals surface area contributed by atoms with Gasteiger partial charge in [0.1, 0.15) is 6.61 Å². The first-order valence-corrected chi connectivity index (χ1v) is 8.53. The molecule has 2 aliphatic rings. The lowest BCUT2D eigenvalue weighted by molar-refractivity contribution is -0.158. The third-order valence-corrected chi connectivity index (χ3v) is 4.49. The number of hydrogen-bond donors (Lipinski definition) is 0. The van der Waals surface area contributed by atoms with Gasteiger partial charge in [-0.1, -0.05) is 6.92 Å². The van der Waals surface area contributed by atoms with E-state index in [1.807, 2.05) is 20.8 Å². The molecule has 0 aromatic rings. The number of esters is 1. The second kappa shape index (κ2) is 8.27. The van der Waals surface area contributed by atoms with Crippen molar-refractivity contribution in [1.82, 2.24) is 0 Å². The molecule has 0 radical (unpaired) electrons. The minimum absolute atomic E-state index is 0.0193. The van der Waals surface area contributed by atoms with Crippen molar-refractivity contribution >= 4 is 5.97 Å². The van der Waals surface area contributed by atoms with E-state index in [-0.39, 0.29) is 12.1 Å². The molecule has 5 heteroatoms. The lowest BCUT2D eigenvalue weighted by Gasteiger charge is -2.23. The Kier molecular flexibility index (Phi) is 6.66. The van der Waals surface area contributed by atoms with Gasteiger partial charge < -0.3 is 18.9 Å². The number of carbonyl (C=O) groups excluding carboxylic acids is 1. The van der Waals surface area contributed by atoms with Crippen LogP contribution >= 0.6 is 0 Å². The largest absolute Gasteiger partial charge is 0.463 e. The number of hydrogen-bond acceptors (Lipinski definition) is 5. The summed E-state index contributed by atoms with van der Waals surface area (Å²) in [6.07, 6.45) is 5.53. The normalized spacial score (nSPS) is 24.9. The summed E-state index contributed by atoms with van der Waals surface area (Å²) in [7, 11) is 0. The van der Waals surface area contributed by atoms with Gasteiger partial charge >= 0.3 is 5.97 Å². The first kappa shape index (κ1) is 17.7. The van der Waals surface area contributed by atoms with Crippen molar-refractivity contribution in [2.75, 3.05) is 26.4 Å². The molecular weight excluding hydrogens is 284 g/mol. The maximum Gasteiger partial charge on any atom is 0.311 e. The van der Waals surface area contributed by atoms with Crippen LogP contribution in [0.3, 0.4) is 0 Å². The molecule has 0 N–H and O–H groups in total. The van der Waals surface area contributed by atoms with Crippen LogP contribution in [0, 0.1) is 5.41 Å². The molecule has 2 fully saturated rings. The molecule has 0 aromatic heterocycles. The summed E-state index contributed by atoms with van der Waals surface area (Å²) in [5.74, 6) is -0.139. The van der Waals surface area contributed by atoms with Crippen LogP contribution in [0.4, 0.5) is 0 Å². The number of ether oxygens (including phenoxy) is 4. The first-order chi connectivity index (χ1) is 10.5. The van der Waals surface area contributed by atoms with Crippen LogP contribution < -0.4 is 0 Å². The second-order valence-corrected chi connectivity index (χ2v) is 6.96. The highest BCUT2D eigenvalue weighted by Crippen LogP contribution is 2.23. The molecule has 3 unspecified atom stereocenters. The van der Waals surface area contributed by atoms with Gasteiger partial charge in [0, 0.05) is 6.61 Å². The minimum atomic E-state index is -0.422. The maximum absolute atomic E-state index is 12.1. The summed E-state index contributed by atoms with van der Waals surface area (Å²) in [5.41, 5.74) is -0.422. The molecule has 22 heavy (non-hydrogen) atoms. The smallest absolute Gasteiger partial charge is 0.311 e. The quantitative estimate of drug-likeness (QED) is 0.409. The first-order valence-electron chi connectivity index (χ1n) is 8.53. The Morgan fingerprint density at radius 3 is 2.45 bits per heavy atom. The van der Waals surface area contributed by atoms with Crippen LogP contribution in [0.1, 0.15) is 52.9 Å². The zero-order valence-electron chi connectivity index (χ0n) is 14.1. The fraction of sp³-hybridized carbons (Fsp3) is 0.941. The van der Waals surface area contributed by atoms with Crippen LogP contribution in [-0.4, -0.2) is 50.7 Å². The highest BCUT2D eigenvalue weighted by molar-refractivity contribution is 5.75. The SMILES string of the molecule is CCC(C)(C)C(=O)OCC(CCCC1CO1)OCCC1CO1. The summed E-state index contributed by atoms with van der Waals surface area (Å²) in [5, 5.41) is 0. The number of rotatable bonds is 12. The van der Waals surface area contributed by atoms with Gasteiger partial charge in [-0.15, -0.1) is 0 Å². The van der Waals surface area contributed by atoms with Crippen LogP contribution in [-0.2, 0) is 23.7 Å². The van der Waals surface area contributed by atoms with Gasteiger partial charge in [-0.2, -0.15) is 0 Å². The van der Waals surface area contributed by atoms with E-state index in [2.05, 4.69) is 0 Å². The molecule has 128 valence electrons. The van der Waals surface area contributed by atoms with Crippen molar-refractivity contribution < 1.29 is 23.7 Å². The van der Waals surface area contributed by atoms with Crippen molar-refractivity contribution in [2.24, 2.45) is 5.41 Å². The molecule has 0 aromatic carbocycles. The lowest BCUT2D eigenvalue weighted by atomic mass is 9.91. The molecule has 0 bridgehead atoms. The molecule has 0 amide bonds. The molecular formula is C17H30O5. The maximum atomic E-state index is 12.1. The van der Waals surface area contributed by atoms with Gasteiger partial charge in [0.2, 0.25) is 0 Å². The van der Waals surface area contributed by atoms with Gasteiger partial charge in [0.05, 0.1) is 36.9 Å². The predicted octanol–water partition coefficient (Wildman–Crippen LogP) is 2.71. The fourth-order valence-corrected chi connectivity index (χ4v) is 2.13. The van der Waals surface area contributed by atoms with Crippen molar-refractivity contribution in [3.05, 3.63) is 0 Å². The van der Waals surface area contributed by atoms with E-state index < -0.39 is 5.41 Å². The molecule has 2 aliphatic heterocycles. The van der Waals surface area contributed by atoms with E-state index in [4.69, 9.17) is 18.9 Å². The van der Waals surface area contributed by atoms with Crippen molar-refractivity contribution in [1.29, 1.82) is 0 Å². The average Bonchev–Trinajstić information content (AvgIpc) is 3.37. The number of epoxide rings is 2. The standard InChI is InChI=1S/C17H30O5/c1-4-17(2,3)16(18)22-12-13(6-5-7-14-10-20-14)19-9-8-15-11-21-15/h13-15H,4-12H2,1-3H3. The monoisotopic (exact) mass is 314 g/mol. The summed E-state index contributed by atoms with van der Waals surface area (Å²) in [4.78, 5) is 12.1. The van der Waals surface area contributed by atoms with Crippen LogP contribution in [0.2, 0.25) is 0 Å². The Morgan fingerprint density at radius 2 is 1.86 bits per heavy atom. The summed E-state index contributed by atoms with van der Waals surface area (Å²) >= 11 is 0. The summed E-state index contributed by atoms with van der Waals surface area (Å²) in [6, 6.07) is 0. The van der Waals surface area contributed by atoms with Crippen molar-refractivity contribution in [3.8, 4) is 0 Å². The topological polar surface area (TPSA) is 60.6 Å². The Hall–Kier alpha value is -0.650. The summed E-state index contributed by atoms with van der Waals surface area (Å²) in [6.45, 7) is 8.60. The number of carbonyl (C=O) groups is 1. The Balaban J connectivity index is 1.67. The lowest BCUT2D eigenvalue weighted by Crippen LogP contribution is -2.30. The zero-order chi connectivity index (χ0) is 16.0. The van der Waals surface area contributed by atoms with Gasteiger partial charge in [-0.25, -0.2) is 0 Å². The Labute approximate surface area is 133 Å². The summed E-state index contributed by atoms with van der Waals surface area (Å²) < 4.78 is 21.8. The van der Waals surface area contributed by atoms with E-state index in [0.717, 1.165) is 45.3 Å². The van der Waals surface area contributed by atoms with Gasteiger partial charge in [0.25, 0.3) is 0 Å². The van der Waals surface area contributed by atoms with Crippen molar-refractivity contribution in [2.45, 2.75) is 71.2 Å². The third-order valence-electron chi connectivity index (χ3n) is 4.49. The molecule has 2 rings (SSSR count). The van der Waals surface area contributed by atoms with Gasteiger partial charge in [0.15, 0.2) is 0 Å².